The highest BCUT2D eigenvalue weighted by Crippen LogP contribution is 2.60. The van der Waals surface area contributed by atoms with Crippen molar-refractivity contribution < 1.29 is 19.1 Å². The number of hydrogen-bond acceptors (Lipinski definition) is 4. The van der Waals surface area contributed by atoms with Crippen LogP contribution in [0.4, 0.5) is 0 Å². The fraction of sp³-hybridized carbons (Fsp3) is 0.857. The molecule has 1 aliphatic heterocycles. The van der Waals surface area contributed by atoms with E-state index in [2.05, 4.69) is 0 Å². The molecule has 0 aromatic carbocycles. The summed E-state index contributed by atoms with van der Waals surface area (Å²) in [7, 11) is 0. The van der Waals surface area contributed by atoms with Crippen LogP contribution >= 0.6 is 0 Å². The van der Waals surface area contributed by atoms with Crippen molar-refractivity contribution in [3.05, 3.63) is 0 Å². The highest BCUT2D eigenvalue weighted by molar-refractivity contribution is 5.92. The van der Waals surface area contributed by atoms with Gasteiger partial charge in [0, 0.05) is 24.2 Å². The van der Waals surface area contributed by atoms with Crippen LogP contribution in [0.5, 0.6) is 0 Å². The van der Waals surface area contributed by atoms with Gasteiger partial charge in [-0.15, -0.1) is 0 Å². The van der Waals surface area contributed by atoms with E-state index < -0.39 is 5.79 Å². The maximum Gasteiger partial charge on any atom is 0.232 e. The molecule has 4 fully saturated rings. The van der Waals surface area contributed by atoms with Gasteiger partial charge in [-0.2, -0.15) is 0 Å². The van der Waals surface area contributed by atoms with Crippen LogP contribution in [0, 0.1) is 29.6 Å². The standard InChI is InChI=1S/C14H18O4/c1-7-4-10-9-5-8(6-11(9)15)12(10)14(13(7)16)17-2-3-18-14/h7-10,12H,2-6H2,1H3/t7?,8-,9-,10-,12+/m0/s1. The largest absolute Gasteiger partial charge is 0.341 e. The first-order valence-electron chi connectivity index (χ1n) is 6.98. The average molecular weight is 250 g/mol. The molecule has 3 aliphatic carbocycles. The summed E-state index contributed by atoms with van der Waals surface area (Å²) in [4.78, 5) is 24.4. The quantitative estimate of drug-likeness (QED) is 0.648. The maximum atomic E-state index is 12.5. The van der Waals surface area contributed by atoms with Gasteiger partial charge < -0.3 is 9.47 Å². The van der Waals surface area contributed by atoms with Gasteiger partial charge in [0.15, 0.2) is 5.78 Å². The van der Waals surface area contributed by atoms with Crippen molar-refractivity contribution in [3.8, 4) is 0 Å². The van der Waals surface area contributed by atoms with Crippen LogP contribution < -0.4 is 0 Å². The summed E-state index contributed by atoms with van der Waals surface area (Å²) in [5.41, 5.74) is 0. The Balaban J connectivity index is 1.78. The lowest BCUT2D eigenvalue weighted by atomic mass is 9.64. The van der Waals surface area contributed by atoms with Gasteiger partial charge in [0.1, 0.15) is 5.78 Å². The fourth-order valence-corrected chi connectivity index (χ4v) is 4.93. The lowest BCUT2D eigenvalue weighted by molar-refractivity contribution is -0.228. The summed E-state index contributed by atoms with van der Waals surface area (Å²) in [5, 5.41) is 0. The monoisotopic (exact) mass is 250 g/mol. The van der Waals surface area contributed by atoms with E-state index in [0.717, 1.165) is 12.8 Å². The maximum absolute atomic E-state index is 12.5. The van der Waals surface area contributed by atoms with Gasteiger partial charge in [-0.1, -0.05) is 6.92 Å². The molecule has 0 amide bonds. The molecule has 5 atom stereocenters. The van der Waals surface area contributed by atoms with Crippen molar-refractivity contribution in [2.24, 2.45) is 29.6 Å². The number of hydrogen-bond donors (Lipinski definition) is 0. The normalized spacial score (nSPS) is 49.1. The van der Waals surface area contributed by atoms with Gasteiger partial charge in [0.25, 0.3) is 0 Å². The van der Waals surface area contributed by atoms with Crippen LogP contribution in [0.15, 0.2) is 0 Å². The van der Waals surface area contributed by atoms with Crippen molar-refractivity contribution in [3.63, 3.8) is 0 Å². The minimum absolute atomic E-state index is 0.0449. The zero-order valence-electron chi connectivity index (χ0n) is 10.6. The SMILES string of the molecule is CC1C[C@@H]2[C@@H]([C@@H]3CC(=O)[C@H]2C3)C2(OCCO2)C1=O. The molecule has 3 saturated carbocycles. The molecule has 0 radical (unpaired) electrons. The molecule has 18 heavy (non-hydrogen) atoms. The van der Waals surface area contributed by atoms with Crippen molar-refractivity contribution in [1.29, 1.82) is 0 Å². The lowest BCUT2D eigenvalue weighted by Crippen LogP contribution is -2.58. The van der Waals surface area contributed by atoms with Crippen LogP contribution in [0.25, 0.3) is 0 Å². The Morgan fingerprint density at radius 1 is 1.17 bits per heavy atom. The molecule has 4 rings (SSSR count). The summed E-state index contributed by atoms with van der Waals surface area (Å²) < 4.78 is 11.6. The molecule has 1 heterocycles. The Bertz CT molecular complexity index is 424. The predicted octanol–water partition coefficient (Wildman–Crippen LogP) is 1.18. The smallest absolute Gasteiger partial charge is 0.232 e. The van der Waals surface area contributed by atoms with E-state index in [-0.39, 0.29) is 23.5 Å². The first-order chi connectivity index (χ1) is 8.63. The van der Waals surface area contributed by atoms with Crippen LogP contribution in [-0.4, -0.2) is 30.6 Å². The Kier molecular flexibility index (Phi) is 2.11. The Morgan fingerprint density at radius 2 is 1.89 bits per heavy atom. The number of ketones is 2. The van der Waals surface area contributed by atoms with Crippen molar-refractivity contribution in [1.82, 2.24) is 0 Å². The summed E-state index contributed by atoms with van der Waals surface area (Å²) in [6.07, 6.45) is 2.41. The third-order valence-electron chi connectivity index (χ3n) is 5.49. The number of ether oxygens (including phenoxy) is 2. The van der Waals surface area contributed by atoms with Gasteiger partial charge in [0.05, 0.1) is 13.2 Å². The number of carbonyl (C=O) groups is 2. The molecule has 4 heteroatoms. The lowest BCUT2D eigenvalue weighted by Gasteiger charge is -2.46. The first-order valence-corrected chi connectivity index (χ1v) is 6.98. The van der Waals surface area contributed by atoms with E-state index >= 15 is 0 Å². The topological polar surface area (TPSA) is 52.6 Å². The van der Waals surface area contributed by atoms with Gasteiger partial charge in [-0.25, -0.2) is 0 Å². The molecule has 2 bridgehead atoms. The number of Topliss-reactive ketones (excluding diaryl/α,β-unsaturated/α-hetero) is 2. The van der Waals surface area contributed by atoms with Gasteiger partial charge in [0.2, 0.25) is 5.79 Å². The molecule has 1 spiro atoms. The van der Waals surface area contributed by atoms with Gasteiger partial charge >= 0.3 is 0 Å². The number of rotatable bonds is 0. The zero-order valence-corrected chi connectivity index (χ0v) is 10.6. The van der Waals surface area contributed by atoms with Crippen LogP contribution in [0.1, 0.15) is 26.2 Å². The second-order valence-corrected chi connectivity index (χ2v) is 6.33. The van der Waals surface area contributed by atoms with Crippen molar-refractivity contribution >= 4 is 11.6 Å². The van der Waals surface area contributed by atoms with Crippen LogP contribution in [0.3, 0.4) is 0 Å². The third kappa shape index (κ3) is 1.14. The molecular formula is C14H18O4. The van der Waals surface area contributed by atoms with E-state index in [1.165, 1.54) is 0 Å². The second kappa shape index (κ2) is 3.42. The van der Waals surface area contributed by atoms with E-state index in [1.54, 1.807) is 0 Å². The zero-order chi connectivity index (χ0) is 12.5. The Hall–Kier alpha value is -0.740. The predicted molar refractivity (Wildman–Crippen MR) is 61.6 cm³/mol. The molecule has 0 aromatic rings. The van der Waals surface area contributed by atoms with E-state index in [0.29, 0.717) is 37.3 Å². The highest BCUT2D eigenvalue weighted by Gasteiger charge is 2.67. The number of carbonyl (C=O) groups excluding carboxylic acids is 2. The van der Waals surface area contributed by atoms with Crippen molar-refractivity contribution in [2.45, 2.75) is 32.0 Å². The fourth-order valence-electron chi connectivity index (χ4n) is 4.93. The molecule has 1 saturated heterocycles. The summed E-state index contributed by atoms with van der Waals surface area (Å²) in [6, 6.07) is 0. The minimum Gasteiger partial charge on any atom is -0.341 e. The van der Waals surface area contributed by atoms with E-state index in [1.807, 2.05) is 6.92 Å². The van der Waals surface area contributed by atoms with Crippen LogP contribution in [-0.2, 0) is 19.1 Å². The first kappa shape index (κ1) is 11.1. The molecule has 1 unspecified atom stereocenters. The molecule has 4 nitrogen and oxygen atoms in total. The number of fused-ring (bicyclic) bond motifs is 6. The second-order valence-electron chi connectivity index (χ2n) is 6.33. The molecule has 0 N–H and O–H groups in total. The summed E-state index contributed by atoms with van der Waals surface area (Å²) >= 11 is 0. The van der Waals surface area contributed by atoms with Crippen molar-refractivity contribution in [2.75, 3.05) is 13.2 Å². The van der Waals surface area contributed by atoms with Gasteiger partial charge in [-0.3, -0.25) is 9.59 Å². The van der Waals surface area contributed by atoms with Gasteiger partial charge in [-0.05, 0) is 24.7 Å². The molecule has 98 valence electrons. The third-order valence-corrected chi connectivity index (χ3v) is 5.49. The summed E-state index contributed by atoms with van der Waals surface area (Å²) in [5.74, 6) is 0.382. The molecule has 0 aromatic heterocycles. The van der Waals surface area contributed by atoms with Crippen LogP contribution in [0.2, 0.25) is 0 Å². The van der Waals surface area contributed by atoms with E-state index in [4.69, 9.17) is 9.47 Å². The summed E-state index contributed by atoms with van der Waals surface area (Å²) in [6.45, 7) is 2.96. The Labute approximate surface area is 106 Å². The highest BCUT2D eigenvalue weighted by atomic mass is 16.7. The van der Waals surface area contributed by atoms with E-state index in [9.17, 15) is 9.59 Å². The minimum atomic E-state index is -0.998. The average Bonchev–Trinajstić information content (AvgIpc) is 3.00. The molecular weight excluding hydrogens is 232 g/mol. The Morgan fingerprint density at radius 3 is 2.61 bits per heavy atom. The molecule has 4 aliphatic rings.